The number of hydrogen-bond donors (Lipinski definition) is 0. The monoisotopic (exact) mass is 376 g/mol. The third-order valence-corrected chi connectivity index (χ3v) is 7.77. The van der Waals surface area contributed by atoms with E-state index in [1.807, 2.05) is 11.8 Å². The molecule has 0 saturated heterocycles. The Kier molecular flexibility index (Phi) is 9.73. The number of thioether (sulfide) groups is 1. The van der Waals surface area contributed by atoms with Gasteiger partial charge < -0.3 is 0 Å². The first-order chi connectivity index (χ1) is 11.2. The van der Waals surface area contributed by atoms with Gasteiger partial charge in [0, 0.05) is 12.0 Å². The lowest BCUT2D eigenvalue weighted by atomic mass is 9.67. The van der Waals surface area contributed by atoms with Crippen LogP contribution in [0.3, 0.4) is 0 Å². The van der Waals surface area contributed by atoms with Gasteiger partial charge in [-0.25, -0.2) is 8.42 Å². The van der Waals surface area contributed by atoms with Gasteiger partial charge in [-0.05, 0) is 74.2 Å². The minimum Gasteiger partial charge on any atom is -0.229 e. The summed E-state index contributed by atoms with van der Waals surface area (Å²) in [6.45, 7) is 4.77. The van der Waals surface area contributed by atoms with Crippen LogP contribution in [-0.2, 0) is 9.84 Å². The molecule has 0 bridgehead atoms. The molecule has 0 radical (unpaired) electrons. The molecule has 0 heterocycles. The lowest BCUT2D eigenvalue weighted by Gasteiger charge is -2.38. The first kappa shape index (κ1) is 22.3. The van der Waals surface area contributed by atoms with E-state index in [1.54, 1.807) is 0 Å². The van der Waals surface area contributed by atoms with Gasteiger partial charge in [0.25, 0.3) is 0 Å². The molecular weight excluding hydrogens is 336 g/mol. The molecule has 0 aromatic heterocycles. The zero-order valence-electron chi connectivity index (χ0n) is 16.5. The molecule has 2 fully saturated rings. The summed E-state index contributed by atoms with van der Waals surface area (Å²) in [5, 5.41) is 0. The SMILES string of the molecule is CC1(CCCCS(C)(=O)=O)CCC1.CSCCCCC1(C)CCC1. The third-order valence-electron chi connectivity index (χ3n) is 6.05. The van der Waals surface area contributed by atoms with Crippen LogP contribution in [0.1, 0.15) is 90.9 Å². The summed E-state index contributed by atoms with van der Waals surface area (Å²) < 4.78 is 21.7. The fourth-order valence-electron chi connectivity index (χ4n) is 3.77. The smallest absolute Gasteiger partial charge is 0.147 e. The second kappa shape index (κ2) is 10.4. The minimum atomic E-state index is -2.73. The topological polar surface area (TPSA) is 34.1 Å². The summed E-state index contributed by atoms with van der Waals surface area (Å²) in [4.78, 5) is 0. The second-order valence-corrected chi connectivity index (χ2v) is 12.1. The minimum absolute atomic E-state index is 0.364. The van der Waals surface area contributed by atoms with Gasteiger partial charge in [0.1, 0.15) is 9.84 Å². The van der Waals surface area contributed by atoms with Crippen LogP contribution in [0.15, 0.2) is 0 Å². The molecule has 0 N–H and O–H groups in total. The van der Waals surface area contributed by atoms with E-state index in [9.17, 15) is 8.42 Å². The zero-order valence-corrected chi connectivity index (χ0v) is 18.2. The Labute approximate surface area is 155 Å². The van der Waals surface area contributed by atoms with E-state index in [2.05, 4.69) is 20.1 Å². The van der Waals surface area contributed by atoms with Crippen molar-refractivity contribution in [2.75, 3.05) is 24.0 Å². The maximum atomic E-state index is 10.8. The van der Waals surface area contributed by atoms with E-state index in [-0.39, 0.29) is 0 Å². The second-order valence-electron chi connectivity index (χ2n) is 8.87. The van der Waals surface area contributed by atoms with Crippen LogP contribution in [0, 0.1) is 10.8 Å². The van der Waals surface area contributed by atoms with E-state index in [0.717, 1.165) is 18.3 Å². The molecule has 0 atom stereocenters. The van der Waals surface area contributed by atoms with Crippen LogP contribution >= 0.6 is 11.8 Å². The third kappa shape index (κ3) is 9.70. The summed E-state index contributed by atoms with van der Waals surface area (Å²) in [6, 6.07) is 0. The van der Waals surface area contributed by atoms with Crippen LogP contribution in [-0.4, -0.2) is 32.4 Å². The lowest BCUT2D eigenvalue weighted by molar-refractivity contribution is 0.142. The lowest BCUT2D eigenvalue weighted by Crippen LogP contribution is -2.25. The van der Waals surface area contributed by atoms with Crippen molar-refractivity contribution in [3.05, 3.63) is 0 Å². The van der Waals surface area contributed by atoms with Crippen molar-refractivity contribution in [2.24, 2.45) is 10.8 Å². The first-order valence-electron chi connectivity index (χ1n) is 9.85. The molecule has 2 saturated carbocycles. The van der Waals surface area contributed by atoms with E-state index in [0.29, 0.717) is 11.2 Å². The zero-order chi connectivity index (χ0) is 18.1. The molecule has 24 heavy (non-hydrogen) atoms. The van der Waals surface area contributed by atoms with Gasteiger partial charge in [-0.3, -0.25) is 0 Å². The van der Waals surface area contributed by atoms with Crippen molar-refractivity contribution in [1.82, 2.24) is 0 Å². The number of unbranched alkanes of at least 4 members (excludes halogenated alkanes) is 2. The van der Waals surface area contributed by atoms with Crippen molar-refractivity contribution in [2.45, 2.75) is 90.9 Å². The van der Waals surface area contributed by atoms with Gasteiger partial charge >= 0.3 is 0 Å². The molecule has 144 valence electrons. The van der Waals surface area contributed by atoms with Crippen LogP contribution in [0.2, 0.25) is 0 Å². The Morgan fingerprint density at radius 1 is 0.833 bits per heavy atom. The van der Waals surface area contributed by atoms with Gasteiger partial charge in [-0.15, -0.1) is 0 Å². The highest BCUT2D eigenvalue weighted by Crippen LogP contribution is 2.45. The summed E-state index contributed by atoms with van der Waals surface area (Å²) in [5.41, 5.74) is 1.32. The average Bonchev–Trinajstić information content (AvgIpc) is 2.44. The van der Waals surface area contributed by atoms with Crippen molar-refractivity contribution >= 4 is 21.6 Å². The molecule has 0 aliphatic heterocycles. The van der Waals surface area contributed by atoms with E-state index in [1.165, 1.54) is 76.2 Å². The quantitative estimate of drug-likeness (QED) is 0.432. The van der Waals surface area contributed by atoms with Gasteiger partial charge in [0.05, 0.1) is 0 Å². The predicted octanol–water partition coefficient (Wildman–Crippen LogP) is 6.10. The highest BCUT2D eigenvalue weighted by molar-refractivity contribution is 7.98. The van der Waals surface area contributed by atoms with Crippen LogP contribution in [0.25, 0.3) is 0 Å². The molecule has 0 aromatic carbocycles. The molecular formula is C20H40O2S2. The van der Waals surface area contributed by atoms with Gasteiger partial charge in [0.2, 0.25) is 0 Å². The Bertz CT molecular complexity index is 435. The highest BCUT2D eigenvalue weighted by Gasteiger charge is 2.31. The van der Waals surface area contributed by atoms with Gasteiger partial charge in [0.15, 0.2) is 0 Å². The average molecular weight is 377 g/mol. The molecule has 0 aromatic rings. The number of rotatable bonds is 10. The normalized spacial score (nSPS) is 21.2. The Morgan fingerprint density at radius 2 is 1.29 bits per heavy atom. The molecule has 2 aliphatic carbocycles. The fraction of sp³-hybridized carbons (Fsp3) is 1.00. The highest BCUT2D eigenvalue weighted by atomic mass is 32.2. The fourth-order valence-corrected chi connectivity index (χ4v) is 5.00. The molecule has 0 unspecified atom stereocenters. The largest absolute Gasteiger partial charge is 0.229 e. The maximum Gasteiger partial charge on any atom is 0.147 e. The number of hydrogen-bond acceptors (Lipinski definition) is 3. The molecule has 2 rings (SSSR count). The Balaban J connectivity index is 0.000000243. The van der Waals surface area contributed by atoms with Crippen LogP contribution < -0.4 is 0 Å². The molecule has 4 heteroatoms. The number of sulfone groups is 1. The Hall–Kier alpha value is 0.300. The predicted molar refractivity (Wildman–Crippen MR) is 110 cm³/mol. The Morgan fingerprint density at radius 3 is 1.62 bits per heavy atom. The molecule has 0 amide bonds. The molecule has 2 nitrogen and oxygen atoms in total. The van der Waals surface area contributed by atoms with E-state index < -0.39 is 9.84 Å². The summed E-state index contributed by atoms with van der Waals surface area (Å²) >= 11 is 1.98. The first-order valence-corrected chi connectivity index (χ1v) is 13.3. The summed E-state index contributed by atoms with van der Waals surface area (Å²) in [6.07, 6.45) is 19.5. The van der Waals surface area contributed by atoms with Crippen molar-refractivity contribution < 1.29 is 8.42 Å². The maximum absolute atomic E-state index is 10.8. The summed E-state index contributed by atoms with van der Waals surface area (Å²) in [5.74, 6) is 1.72. The van der Waals surface area contributed by atoms with Crippen LogP contribution in [0.5, 0.6) is 0 Å². The standard InChI is InChI=1S/C10H20O2S.C10H20S/c1-10(7-5-8-10)6-3-4-9-13(2,11)12;1-10(7-5-8-10)6-3-4-9-11-2/h3-9H2,1-2H3;3-9H2,1-2H3. The molecule has 2 aliphatic rings. The van der Waals surface area contributed by atoms with Crippen molar-refractivity contribution in [1.29, 1.82) is 0 Å². The van der Waals surface area contributed by atoms with Crippen molar-refractivity contribution in [3.8, 4) is 0 Å². The van der Waals surface area contributed by atoms with Crippen molar-refractivity contribution in [3.63, 3.8) is 0 Å². The molecule has 0 spiro atoms. The summed E-state index contributed by atoms with van der Waals surface area (Å²) in [7, 11) is -2.73. The van der Waals surface area contributed by atoms with E-state index >= 15 is 0 Å². The van der Waals surface area contributed by atoms with Gasteiger partial charge in [-0.1, -0.05) is 39.5 Å². The van der Waals surface area contributed by atoms with Crippen LogP contribution in [0.4, 0.5) is 0 Å². The van der Waals surface area contributed by atoms with Gasteiger partial charge in [-0.2, -0.15) is 11.8 Å². The van der Waals surface area contributed by atoms with E-state index in [4.69, 9.17) is 0 Å².